The molecule has 1 N–H and O–H groups in total. The molecule has 0 bridgehead atoms. The van der Waals surface area contributed by atoms with Gasteiger partial charge in [0.25, 0.3) is 0 Å². The lowest BCUT2D eigenvalue weighted by Crippen LogP contribution is -2.58. The predicted octanol–water partition coefficient (Wildman–Crippen LogP) is 7.37. The van der Waals surface area contributed by atoms with Crippen LogP contribution in [0.4, 0.5) is 13.2 Å². The molecular weight excluding hydrogens is 527 g/mol. The Balaban J connectivity index is 1.62. The average molecular weight is 566 g/mol. The van der Waals surface area contributed by atoms with Crippen molar-refractivity contribution < 1.29 is 27.8 Å². The molecule has 1 aliphatic heterocycles. The monoisotopic (exact) mass is 565 g/mol. The molecule has 41 heavy (non-hydrogen) atoms. The summed E-state index contributed by atoms with van der Waals surface area (Å²) in [4.78, 5) is 0. The molecule has 1 aromatic carbocycles. The van der Waals surface area contributed by atoms with E-state index in [0.717, 1.165) is 35.1 Å². The Bertz CT molecular complexity index is 1350. The number of nitriles is 1. The van der Waals surface area contributed by atoms with Gasteiger partial charge >= 0.3 is 6.18 Å². The molecule has 2 fully saturated rings. The third-order valence-corrected chi connectivity index (χ3v) is 9.86. The predicted molar refractivity (Wildman–Crippen MR) is 150 cm³/mol. The van der Waals surface area contributed by atoms with Crippen molar-refractivity contribution in [2.24, 2.45) is 22.7 Å². The van der Waals surface area contributed by atoms with Crippen LogP contribution < -0.4 is 0 Å². The van der Waals surface area contributed by atoms with Gasteiger partial charge in [-0.05, 0) is 85.3 Å². The first-order valence-electron chi connectivity index (χ1n) is 14.5. The lowest BCUT2D eigenvalue weighted by atomic mass is 9.51. The molecule has 1 heterocycles. The van der Waals surface area contributed by atoms with E-state index >= 15 is 0 Å². The van der Waals surface area contributed by atoms with Crippen LogP contribution in [-0.4, -0.2) is 36.7 Å². The zero-order chi connectivity index (χ0) is 29.5. The summed E-state index contributed by atoms with van der Waals surface area (Å²) in [5.74, 6) is 5.21. The van der Waals surface area contributed by atoms with E-state index in [2.05, 4.69) is 25.7 Å². The van der Waals surface area contributed by atoms with Gasteiger partial charge in [-0.1, -0.05) is 50.3 Å². The van der Waals surface area contributed by atoms with Crippen molar-refractivity contribution in [3.8, 4) is 17.9 Å². The summed E-state index contributed by atoms with van der Waals surface area (Å²) in [5.41, 5.74) is 0.997. The van der Waals surface area contributed by atoms with E-state index < -0.39 is 17.2 Å². The Morgan fingerprint density at radius 3 is 2.51 bits per heavy atom. The summed E-state index contributed by atoms with van der Waals surface area (Å²) in [7, 11) is 0. The number of nitrogens with zero attached hydrogens (tertiary/aromatic N) is 1. The van der Waals surface area contributed by atoms with Crippen LogP contribution in [-0.2, 0) is 9.47 Å². The van der Waals surface area contributed by atoms with Gasteiger partial charge in [-0.15, -0.1) is 0 Å². The summed E-state index contributed by atoms with van der Waals surface area (Å²) in [6.07, 6.45) is 2.40. The van der Waals surface area contributed by atoms with Gasteiger partial charge in [0, 0.05) is 28.4 Å². The van der Waals surface area contributed by atoms with Crippen LogP contribution in [0.1, 0.15) is 76.3 Å². The van der Waals surface area contributed by atoms with Crippen molar-refractivity contribution in [1.29, 1.82) is 5.26 Å². The van der Waals surface area contributed by atoms with Crippen LogP contribution in [0.15, 0.2) is 59.4 Å². The number of hydrogen-bond acceptors (Lipinski definition) is 4. The molecule has 0 saturated heterocycles. The fraction of sp³-hybridized carbons (Fsp3) is 0.559. The van der Waals surface area contributed by atoms with E-state index in [1.165, 1.54) is 17.7 Å². The maximum Gasteiger partial charge on any atom is 0.417 e. The fourth-order valence-electron chi connectivity index (χ4n) is 7.82. The maximum absolute atomic E-state index is 14.5. The largest absolute Gasteiger partial charge is 0.500 e. The first kappa shape index (κ1) is 29.5. The molecule has 2 unspecified atom stereocenters. The second-order valence-electron chi connectivity index (χ2n) is 13.0. The summed E-state index contributed by atoms with van der Waals surface area (Å²) in [5, 5.41) is 20.0. The Kier molecular flexibility index (Phi) is 7.92. The number of ether oxygens (including phenoxy) is 2. The van der Waals surface area contributed by atoms with Crippen LogP contribution in [0.5, 0.6) is 0 Å². The summed E-state index contributed by atoms with van der Waals surface area (Å²) in [6.45, 7) is 7.52. The molecule has 3 aliphatic carbocycles. The van der Waals surface area contributed by atoms with Gasteiger partial charge in [0.15, 0.2) is 5.60 Å². The molecule has 0 amide bonds. The maximum atomic E-state index is 14.5. The van der Waals surface area contributed by atoms with E-state index in [4.69, 9.17) is 14.7 Å². The number of alkyl halides is 3. The molecule has 218 valence electrons. The van der Waals surface area contributed by atoms with Crippen LogP contribution >= 0.6 is 0 Å². The van der Waals surface area contributed by atoms with Gasteiger partial charge in [-0.25, -0.2) is 0 Å². The van der Waals surface area contributed by atoms with Crippen molar-refractivity contribution >= 4 is 0 Å². The number of benzene rings is 1. The zero-order valence-corrected chi connectivity index (χ0v) is 24.0. The van der Waals surface area contributed by atoms with Crippen LogP contribution in [0.25, 0.3) is 0 Å². The van der Waals surface area contributed by atoms with Crippen molar-refractivity contribution in [2.45, 2.75) is 77.0 Å². The molecule has 7 heteroatoms. The van der Waals surface area contributed by atoms with Crippen LogP contribution in [0.3, 0.4) is 0 Å². The van der Waals surface area contributed by atoms with Gasteiger partial charge in [0.1, 0.15) is 0 Å². The molecule has 4 nitrogen and oxygen atoms in total. The quantitative estimate of drug-likeness (QED) is 0.285. The highest BCUT2D eigenvalue weighted by molar-refractivity contribution is 5.49. The van der Waals surface area contributed by atoms with E-state index in [1.807, 2.05) is 36.6 Å². The van der Waals surface area contributed by atoms with Crippen molar-refractivity contribution in [2.75, 3.05) is 19.8 Å². The van der Waals surface area contributed by atoms with Crippen LogP contribution in [0, 0.1) is 45.8 Å². The Hall–Kier alpha value is -3.00. The minimum atomic E-state index is -4.70. The lowest BCUT2D eigenvalue weighted by molar-refractivity contribution is -0.299. The normalized spacial score (nSPS) is 34.6. The van der Waals surface area contributed by atoms with Gasteiger partial charge in [0.2, 0.25) is 0 Å². The molecule has 4 aliphatic rings. The highest BCUT2D eigenvalue weighted by Gasteiger charge is 2.72. The number of allylic oxidation sites excluding steroid dienone is 4. The number of hydrogen-bond donors (Lipinski definition) is 1. The molecule has 0 aromatic heterocycles. The topological polar surface area (TPSA) is 62.5 Å². The van der Waals surface area contributed by atoms with Crippen LogP contribution in [0.2, 0.25) is 0 Å². The smallest absolute Gasteiger partial charge is 0.417 e. The van der Waals surface area contributed by atoms with Gasteiger partial charge in [0.05, 0.1) is 32.2 Å². The molecule has 1 aromatic rings. The molecular formula is C34H38F3NO3. The lowest BCUT2D eigenvalue weighted by Gasteiger charge is -2.54. The van der Waals surface area contributed by atoms with E-state index in [0.29, 0.717) is 32.7 Å². The third-order valence-electron chi connectivity index (χ3n) is 9.86. The first-order valence-corrected chi connectivity index (χ1v) is 14.5. The van der Waals surface area contributed by atoms with E-state index in [-0.39, 0.29) is 36.0 Å². The molecule has 5 rings (SSSR count). The first-order chi connectivity index (χ1) is 19.4. The minimum absolute atomic E-state index is 0.0581. The van der Waals surface area contributed by atoms with Crippen molar-refractivity contribution in [1.82, 2.24) is 0 Å². The average Bonchev–Trinajstić information content (AvgIpc) is 3.21. The third kappa shape index (κ3) is 5.36. The number of fused-ring (bicyclic) bond motifs is 4. The number of rotatable bonds is 1. The second kappa shape index (κ2) is 11.0. The molecule has 0 spiro atoms. The highest BCUT2D eigenvalue weighted by atomic mass is 19.4. The van der Waals surface area contributed by atoms with E-state index in [9.17, 15) is 18.3 Å². The van der Waals surface area contributed by atoms with Crippen molar-refractivity contribution in [3.63, 3.8) is 0 Å². The SMILES string of the molecule is CC1(C)CO/C=C2/CCC3C(=C2CCOC1)[C@@H](c1ccc(C#C/C=C/C#N)cc1)C[C@@]1(C)C3CC[C@@]1(O)C(F)(F)F. The standard InChI is InChI=1S/C34H38F3NO3/c1-31(2)21-40-18-15-26-25(20-41-22-31)12-13-27-29-14-16-33(39,34(35,36)37)32(29,3)19-28(30(26)27)24-10-8-23(9-11-24)7-5-4-6-17-38/h4,6,8-11,20,27-29,39H,12-16,18-19,21-22H2,1-3H3/b6-4+,25-20-/t27?,28-,29?,32+,33+/m1/s1. The van der Waals surface area contributed by atoms with Gasteiger partial charge in [-0.3, -0.25) is 0 Å². The summed E-state index contributed by atoms with van der Waals surface area (Å²) in [6, 6.07) is 9.56. The zero-order valence-electron chi connectivity index (χ0n) is 24.0. The van der Waals surface area contributed by atoms with Gasteiger partial charge < -0.3 is 14.6 Å². The molecule has 5 atom stereocenters. The second-order valence-corrected chi connectivity index (χ2v) is 13.0. The Labute approximate surface area is 240 Å². The Morgan fingerprint density at radius 1 is 1.05 bits per heavy atom. The fourth-order valence-corrected chi connectivity index (χ4v) is 7.82. The van der Waals surface area contributed by atoms with Gasteiger partial charge in [-0.2, -0.15) is 18.4 Å². The summed E-state index contributed by atoms with van der Waals surface area (Å²) >= 11 is 0. The van der Waals surface area contributed by atoms with E-state index in [1.54, 1.807) is 6.92 Å². The number of halogens is 3. The highest BCUT2D eigenvalue weighted by Crippen LogP contribution is 2.69. The minimum Gasteiger partial charge on any atom is -0.500 e. The molecule has 0 radical (unpaired) electrons. The van der Waals surface area contributed by atoms with Crippen molar-refractivity contribution in [3.05, 3.63) is 70.5 Å². The molecule has 2 saturated carbocycles. The summed E-state index contributed by atoms with van der Waals surface area (Å²) < 4.78 is 55.7. The number of aliphatic hydroxyl groups is 1. The Morgan fingerprint density at radius 2 is 1.80 bits per heavy atom.